The molecule has 1 heterocycles. The van der Waals surface area contributed by atoms with E-state index in [0.717, 1.165) is 42.7 Å². The van der Waals surface area contributed by atoms with Crippen molar-refractivity contribution in [3.8, 4) is 11.1 Å². The molecular formula is C23H21FN2. The molecule has 0 atom stereocenters. The first kappa shape index (κ1) is 16.5. The van der Waals surface area contributed by atoms with Crippen molar-refractivity contribution in [2.45, 2.75) is 12.8 Å². The molecule has 0 N–H and O–H groups in total. The van der Waals surface area contributed by atoms with Crippen molar-refractivity contribution in [3.63, 3.8) is 0 Å². The van der Waals surface area contributed by atoms with E-state index < -0.39 is 0 Å². The summed E-state index contributed by atoms with van der Waals surface area (Å²) < 4.78 is 14.4. The van der Waals surface area contributed by atoms with Crippen molar-refractivity contribution in [2.24, 2.45) is 4.99 Å². The van der Waals surface area contributed by atoms with Gasteiger partial charge in [-0.1, -0.05) is 48.5 Å². The summed E-state index contributed by atoms with van der Waals surface area (Å²) in [6.07, 6.45) is 4.00. The Bertz CT molecular complexity index is 895. The van der Waals surface area contributed by atoms with E-state index in [1.165, 1.54) is 5.56 Å². The van der Waals surface area contributed by atoms with Gasteiger partial charge in [-0.05, 0) is 53.8 Å². The molecule has 0 spiro atoms. The van der Waals surface area contributed by atoms with Crippen LogP contribution in [0.15, 0.2) is 77.8 Å². The van der Waals surface area contributed by atoms with Crippen LogP contribution in [0.1, 0.15) is 18.4 Å². The second-order valence-corrected chi connectivity index (χ2v) is 6.58. The second kappa shape index (κ2) is 7.52. The van der Waals surface area contributed by atoms with Gasteiger partial charge in [-0.15, -0.1) is 0 Å². The Morgan fingerprint density at radius 1 is 0.808 bits per heavy atom. The minimum atomic E-state index is -0.171. The molecule has 4 rings (SSSR count). The molecule has 0 radical (unpaired) electrons. The minimum absolute atomic E-state index is 0.171. The van der Waals surface area contributed by atoms with Crippen molar-refractivity contribution >= 4 is 17.6 Å². The molecule has 0 aliphatic carbocycles. The van der Waals surface area contributed by atoms with Crippen LogP contribution in [-0.2, 0) is 0 Å². The van der Waals surface area contributed by atoms with E-state index in [1.54, 1.807) is 12.3 Å². The monoisotopic (exact) mass is 344 g/mol. The molecule has 3 heteroatoms. The van der Waals surface area contributed by atoms with Crippen molar-refractivity contribution in [3.05, 3.63) is 84.2 Å². The van der Waals surface area contributed by atoms with E-state index >= 15 is 0 Å². The maximum atomic E-state index is 14.4. The molecule has 1 aliphatic heterocycles. The van der Waals surface area contributed by atoms with Gasteiger partial charge in [0.1, 0.15) is 5.82 Å². The standard InChI is InChI=1S/C23H21FN2/c24-22-16-18(8-13-23(22)26-14-4-5-15-26)17-25-21-11-9-20(10-12-21)19-6-2-1-3-7-19/h1-3,6-13,16-17H,4-5,14-15H2. The number of halogens is 1. The highest BCUT2D eigenvalue weighted by Gasteiger charge is 2.15. The van der Waals surface area contributed by atoms with Gasteiger partial charge in [-0.2, -0.15) is 0 Å². The van der Waals surface area contributed by atoms with Gasteiger partial charge < -0.3 is 4.90 Å². The summed E-state index contributed by atoms with van der Waals surface area (Å²) in [7, 11) is 0. The van der Waals surface area contributed by atoms with Crippen LogP contribution in [-0.4, -0.2) is 19.3 Å². The number of nitrogens with zero attached hydrogens (tertiary/aromatic N) is 2. The topological polar surface area (TPSA) is 15.6 Å². The summed E-state index contributed by atoms with van der Waals surface area (Å²) in [6, 6.07) is 23.7. The summed E-state index contributed by atoms with van der Waals surface area (Å²) in [5, 5.41) is 0. The fourth-order valence-electron chi connectivity index (χ4n) is 3.34. The fraction of sp³-hybridized carbons (Fsp3) is 0.174. The number of hydrogen-bond acceptors (Lipinski definition) is 2. The highest BCUT2D eigenvalue weighted by Crippen LogP contribution is 2.25. The smallest absolute Gasteiger partial charge is 0.147 e. The molecule has 130 valence electrons. The lowest BCUT2D eigenvalue weighted by atomic mass is 10.1. The van der Waals surface area contributed by atoms with Crippen LogP contribution >= 0.6 is 0 Å². The zero-order valence-corrected chi connectivity index (χ0v) is 14.6. The maximum Gasteiger partial charge on any atom is 0.147 e. The van der Waals surface area contributed by atoms with E-state index in [-0.39, 0.29) is 5.82 Å². The molecule has 1 aliphatic rings. The molecular weight excluding hydrogens is 323 g/mol. The largest absolute Gasteiger partial charge is 0.369 e. The molecule has 0 bridgehead atoms. The second-order valence-electron chi connectivity index (χ2n) is 6.58. The number of aliphatic imine (C=N–C) groups is 1. The van der Waals surface area contributed by atoms with Crippen LogP contribution in [0.3, 0.4) is 0 Å². The van der Waals surface area contributed by atoms with Gasteiger partial charge in [0.05, 0.1) is 11.4 Å². The zero-order valence-electron chi connectivity index (χ0n) is 14.6. The van der Waals surface area contributed by atoms with E-state index in [0.29, 0.717) is 5.69 Å². The normalized spacial score (nSPS) is 14.3. The number of hydrogen-bond donors (Lipinski definition) is 0. The highest BCUT2D eigenvalue weighted by molar-refractivity contribution is 5.83. The van der Waals surface area contributed by atoms with Crippen molar-refractivity contribution in [1.29, 1.82) is 0 Å². The van der Waals surface area contributed by atoms with Gasteiger partial charge in [-0.3, -0.25) is 4.99 Å². The average Bonchev–Trinajstić information content (AvgIpc) is 3.22. The van der Waals surface area contributed by atoms with E-state index in [9.17, 15) is 4.39 Å². The first-order chi connectivity index (χ1) is 12.8. The van der Waals surface area contributed by atoms with Crippen LogP contribution in [0, 0.1) is 5.82 Å². The van der Waals surface area contributed by atoms with Gasteiger partial charge in [-0.25, -0.2) is 4.39 Å². The van der Waals surface area contributed by atoms with Gasteiger partial charge in [0.15, 0.2) is 0 Å². The van der Waals surface area contributed by atoms with Gasteiger partial charge in [0, 0.05) is 19.3 Å². The van der Waals surface area contributed by atoms with Gasteiger partial charge >= 0.3 is 0 Å². The highest BCUT2D eigenvalue weighted by atomic mass is 19.1. The van der Waals surface area contributed by atoms with Crippen molar-refractivity contribution < 1.29 is 4.39 Å². The molecule has 3 aromatic rings. The van der Waals surface area contributed by atoms with Crippen molar-refractivity contribution in [2.75, 3.05) is 18.0 Å². The SMILES string of the molecule is Fc1cc(C=Nc2ccc(-c3ccccc3)cc2)ccc1N1CCCC1. The summed E-state index contributed by atoms with van der Waals surface area (Å²) in [5.41, 5.74) is 4.67. The third-order valence-electron chi connectivity index (χ3n) is 4.76. The molecule has 0 amide bonds. The van der Waals surface area contributed by atoms with Gasteiger partial charge in [0.2, 0.25) is 0 Å². The Morgan fingerprint density at radius 2 is 1.50 bits per heavy atom. The maximum absolute atomic E-state index is 14.4. The Morgan fingerprint density at radius 3 is 2.19 bits per heavy atom. The lowest BCUT2D eigenvalue weighted by molar-refractivity contribution is 0.623. The predicted octanol–water partition coefficient (Wildman–Crippen LogP) is 5.84. The summed E-state index contributed by atoms with van der Waals surface area (Å²) in [4.78, 5) is 6.58. The Labute approximate surface area is 153 Å². The molecule has 26 heavy (non-hydrogen) atoms. The molecule has 0 aromatic heterocycles. The number of anilines is 1. The molecule has 0 saturated carbocycles. The Balaban J connectivity index is 1.48. The third kappa shape index (κ3) is 3.67. The zero-order chi connectivity index (χ0) is 17.8. The van der Waals surface area contributed by atoms with E-state index in [1.807, 2.05) is 42.5 Å². The van der Waals surface area contributed by atoms with E-state index in [4.69, 9.17) is 0 Å². The fourth-order valence-corrected chi connectivity index (χ4v) is 3.34. The summed E-state index contributed by atoms with van der Waals surface area (Å²) in [5.74, 6) is -0.171. The number of rotatable bonds is 4. The van der Waals surface area contributed by atoms with Crippen molar-refractivity contribution in [1.82, 2.24) is 0 Å². The van der Waals surface area contributed by atoms with Crippen LogP contribution in [0.4, 0.5) is 15.8 Å². The Hall–Kier alpha value is -2.94. The molecule has 1 fully saturated rings. The quantitative estimate of drug-likeness (QED) is 0.543. The summed E-state index contributed by atoms with van der Waals surface area (Å²) >= 11 is 0. The summed E-state index contributed by atoms with van der Waals surface area (Å²) in [6.45, 7) is 1.89. The molecule has 2 nitrogen and oxygen atoms in total. The lowest BCUT2D eigenvalue weighted by Crippen LogP contribution is -2.18. The predicted molar refractivity (Wildman–Crippen MR) is 107 cm³/mol. The molecule has 1 saturated heterocycles. The number of benzene rings is 3. The lowest BCUT2D eigenvalue weighted by Gasteiger charge is -2.18. The Kier molecular flexibility index (Phi) is 4.78. The van der Waals surface area contributed by atoms with Crippen LogP contribution in [0.2, 0.25) is 0 Å². The van der Waals surface area contributed by atoms with E-state index in [2.05, 4.69) is 34.2 Å². The van der Waals surface area contributed by atoms with Crippen LogP contribution in [0.25, 0.3) is 11.1 Å². The van der Waals surface area contributed by atoms with Crippen LogP contribution in [0.5, 0.6) is 0 Å². The minimum Gasteiger partial charge on any atom is -0.369 e. The third-order valence-corrected chi connectivity index (χ3v) is 4.76. The first-order valence-corrected chi connectivity index (χ1v) is 9.04. The van der Waals surface area contributed by atoms with Crippen LogP contribution < -0.4 is 4.90 Å². The molecule has 0 unspecified atom stereocenters. The molecule has 3 aromatic carbocycles. The van der Waals surface area contributed by atoms with Gasteiger partial charge in [0.25, 0.3) is 0 Å². The average molecular weight is 344 g/mol. The first-order valence-electron chi connectivity index (χ1n) is 9.04.